The second-order valence-corrected chi connectivity index (χ2v) is 9.38. The highest BCUT2D eigenvalue weighted by molar-refractivity contribution is 6.40. The van der Waals surface area contributed by atoms with Crippen LogP contribution in [0.3, 0.4) is 0 Å². The van der Waals surface area contributed by atoms with E-state index in [4.69, 9.17) is 27.6 Å². The van der Waals surface area contributed by atoms with Crippen LogP contribution in [0.5, 0.6) is 0 Å². The molecule has 5 aromatic rings. The van der Waals surface area contributed by atoms with Gasteiger partial charge in [0.05, 0.1) is 16.4 Å². The molecule has 1 aliphatic heterocycles. The van der Waals surface area contributed by atoms with Crippen LogP contribution in [0.15, 0.2) is 83.3 Å². The molecule has 0 radical (unpaired) electrons. The Bertz CT molecular complexity index is 1450. The van der Waals surface area contributed by atoms with Crippen molar-refractivity contribution in [2.75, 3.05) is 4.90 Å². The Kier molecular flexibility index (Phi) is 3.96. The molecule has 31 heavy (non-hydrogen) atoms. The minimum absolute atomic E-state index is 0.0859. The van der Waals surface area contributed by atoms with E-state index in [2.05, 4.69) is 85.5 Å². The number of rotatable bonds is 1. The highest BCUT2D eigenvalue weighted by Crippen LogP contribution is 2.52. The molecular formula is C27H19Cl2NO. The number of anilines is 3. The maximum absolute atomic E-state index is 6.48. The third-order valence-corrected chi connectivity index (χ3v) is 6.88. The van der Waals surface area contributed by atoms with Crippen LogP contribution in [0.25, 0.3) is 21.9 Å². The van der Waals surface area contributed by atoms with E-state index in [9.17, 15) is 0 Å². The van der Waals surface area contributed by atoms with Gasteiger partial charge in [0, 0.05) is 39.0 Å². The Labute approximate surface area is 190 Å². The molecule has 0 saturated carbocycles. The molecule has 6 rings (SSSR count). The highest BCUT2D eigenvalue weighted by Gasteiger charge is 2.36. The van der Waals surface area contributed by atoms with Crippen LogP contribution in [0.4, 0.5) is 17.1 Å². The van der Waals surface area contributed by atoms with Gasteiger partial charge >= 0.3 is 0 Å². The first-order valence-corrected chi connectivity index (χ1v) is 11.0. The van der Waals surface area contributed by atoms with Gasteiger partial charge in [-0.15, -0.1) is 0 Å². The van der Waals surface area contributed by atoms with E-state index < -0.39 is 0 Å². The van der Waals surface area contributed by atoms with Gasteiger partial charge in [-0.3, -0.25) is 0 Å². The van der Waals surface area contributed by atoms with Crippen molar-refractivity contribution in [3.05, 3.63) is 100 Å². The van der Waals surface area contributed by atoms with E-state index in [0.717, 1.165) is 22.0 Å². The smallest absolute Gasteiger partial charge is 0.138 e. The van der Waals surface area contributed by atoms with Crippen LogP contribution >= 0.6 is 23.2 Å². The third-order valence-electron chi connectivity index (χ3n) is 6.37. The number of fused-ring (bicyclic) bond motifs is 5. The van der Waals surface area contributed by atoms with Gasteiger partial charge in [0.25, 0.3) is 0 Å². The summed E-state index contributed by atoms with van der Waals surface area (Å²) in [5, 5.41) is 3.05. The summed E-state index contributed by atoms with van der Waals surface area (Å²) in [6.07, 6.45) is 0. The second kappa shape index (κ2) is 6.53. The topological polar surface area (TPSA) is 16.4 Å². The number of furan rings is 1. The summed E-state index contributed by atoms with van der Waals surface area (Å²) in [7, 11) is 0. The minimum Gasteiger partial charge on any atom is -0.456 e. The van der Waals surface area contributed by atoms with Crippen molar-refractivity contribution >= 4 is 62.2 Å². The summed E-state index contributed by atoms with van der Waals surface area (Å²) in [5.74, 6) is 0. The fourth-order valence-corrected chi connectivity index (χ4v) is 5.48. The molecular weight excluding hydrogens is 425 g/mol. The highest BCUT2D eigenvalue weighted by atomic mass is 35.5. The molecule has 0 N–H and O–H groups in total. The molecule has 1 aromatic heterocycles. The van der Waals surface area contributed by atoms with E-state index in [1.807, 2.05) is 6.07 Å². The Morgan fingerprint density at radius 1 is 0.742 bits per heavy atom. The van der Waals surface area contributed by atoms with Crippen LogP contribution in [-0.2, 0) is 5.41 Å². The lowest BCUT2D eigenvalue weighted by Crippen LogP contribution is -2.30. The maximum atomic E-state index is 6.48. The van der Waals surface area contributed by atoms with E-state index in [1.165, 1.54) is 22.5 Å². The summed E-state index contributed by atoms with van der Waals surface area (Å²) in [6, 6.07) is 27.1. The molecule has 0 spiro atoms. The number of hydrogen-bond acceptors (Lipinski definition) is 2. The average Bonchev–Trinajstić information content (AvgIpc) is 3.12. The minimum atomic E-state index is -0.0859. The molecule has 2 nitrogen and oxygen atoms in total. The predicted molar refractivity (Wildman–Crippen MR) is 131 cm³/mol. The summed E-state index contributed by atoms with van der Waals surface area (Å²) >= 11 is 12.7. The molecule has 0 saturated heterocycles. The fraction of sp³-hybridized carbons (Fsp3) is 0.111. The number of nitrogens with zero attached hydrogens (tertiary/aromatic N) is 1. The number of halogens is 2. The Morgan fingerprint density at radius 3 is 2.06 bits per heavy atom. The number of hydrogen-bond donors (Lipinski definition) is 0. The lowest BCUT2D eigenvalue weighted by molar-refractivity contribution is 0.632. The molecule has 152 valence electrons. The van der Waals surface area contributed by atoms with E-state index >= 15 is 0 Å². The Hall–Kier alpha value is -2.94. The SMILES string of the molecule is CC1(C)c2ccccc2N(c2ccc3c(c2)oc2cc(Cl)cc(Cl)c23)c2ccccc21. The van der Waals surface area contributed by atoms with Crippen molar-refractivity contribution in [1.29, 1.82) is 0 Å². The molecule has 4 aromatic carbocycles. The lowest BCUT2D eigenvalue weighted by atomic mass is 9.73. The fourth-order valence-electron chi connectivity index (χ4n) is 4.90. The molecule has 0 bridgehead atoms. The molecule has 4 heteroatoms. The quantitative estimate of drug-likeness (QED) is 0.256. The third kappa shape index (κ3) is 2.65. The van der Waals surface area contributed by atoms with Crippen molar-refractivity contribution in [3.63, 3.8) is 0 Å². The molecule has 0 amide bonds. The van der Waals surface area contributed by atoms with Gasteiger partial charge in [0.1, 0.15) is 11.2 Å². The summed E-state index contributed by atoms with van der Waals surface area (Å²) in [6.45, 7) is 4.58. The van der Waals surface area contributed by atoms with Crippen molar-refractivity contribution in [3.8, 4) is 0 Å². The van der Waals surface area contributed by atoms with Gasteiger partial charge in [-0.25, -0.2) is 0 Å². The van der Waals surface area contributed by atoms with Gasteiger partial charge in [-0.05, 0) is 41.5 Å². The Balaban J connectivity index is 1.63. The van der Waals surface area contributed by atoms with Crippen LogP contribution in [0.2, 0.25) is 10.0 Å². The van der Waals surface area contributed by atoms with E-state index in [1.54, 1.807) is 6.07 Å². The van der Waals surface area contributed by atoms with Gasteiger partial charge in [-0.1, -0.05) is 73.4 Å². The zero-order valence-corrected chi connectivity index (χ0v) is 18.6. The first kappa shape index (κ1) is 18.8. The Morgan fingerprint density at radius 2 is 1.39 bits per heavy atom. The van der Waals surface area contributed by atoms with Gasteiger partial charge in [0.2, 0.25) is 0 Å². The molecule has 2 heterocycles. The molecule has 0 unspecified atom stereocenters. The maximum Gasteiger partial charge on any atom is 0.138 e. The zero-order valence-electron chi connectivity index (χ0n) is 17.1. The zero-order chi connectivity index (χ0) is 21.3. The standard InChI is InChI=1S/C27H19Cl2NO/c1-27(2)19-7-3-5-9-22(19)30(23-10-6-4-8-20(23)27)17-11-12-18-24(15-17)31-25-14-16(28)13-21(29)26(18)25/h3-15H,1-2H3. The largest absolute Gasteiger partial charge is 0.456 e. The van der Waals surface area contributed by atoms with Crippen molar-refractivity contribution in [2.24, 2.45) is 0 Å². The summed E-state index contributed by atoms with van der Waals surface area (Å²) < 4.78 is 6.17. The second-order valence-electron chi connectivity index (χ2n) is 8.54. The monoisotopic (exact) mass is 443 g/mol. The van der Waals surface area contributed by atoms with Crippen LogP contribution in [0.1, 0.15) is 25.0 Å². The van der Waals surface area contributed by atoms with Crippen LogP contribution in [-0.4, -0.2) is 0 Å². The number of para-hydroxylation sites is 2. The average molecular weight is 444 g/mol. The number of benzene rings is 4. The van der Waals surface area contributed by atoms with Gasteiger partial charge in [-0.2, -0.15) is 0 Å². The predicted octanol–water partition coefficient (Wildman–Crippen LogP) is 9.00. The van der Waals surface area contributed by atoms with E-state index in [-0.39, 0.29) is 5.41 Å². The molecule has 0 atom stereocenters. The first-order chi connectivity index (χ1) is 14.9. The molecule has 0 fully saturated rings. The summed E-state index contributed by atoms with van der Waals surface area (Å²) in [5.41, 5.74) is 7.41. The normalized spacial score (nSPS) is 14.6. The van der Waals surface area contributed by atoms with Gasteiger partial charge in [0.15, 0.2) is 0 Å². The molecule has 0 aliphatic carbocycles. The first-order valence-electron chi connectivity index (χ1n) is 10.3. The van der Waals surface area contributed by atoms with Crippen molar-refractivity contribution in [2.45, 2.75) is 19.3 Å². The summed E-state index contributed by atoms with van der Waals surface area (Å²) in [4.78, 5) is 2.32. The van der Waals surface area contributed by atoms with Crippen LogP contribution in [0, 0.1) is 0 Å². The van der Waals surface area contributed by atoms with Gasteiger partial charge < -0.3 is 9.32 Å². The van der Waals surface area contributed by atoms with Crippen molar-refractivity contribution in [1.82, 2.24) is 0 Å². The molecule has 1 aliphatic rings. The lowest BCUT2D eigenvalue weighted by Gasteiger charge is -2.41. The van der Waals surface area contributed by atoms with Crippen molar-refractivity contribution < 1.29 is 4.42 Å². The van der Waals surface area contributed by atoms with E-state index in [0.29, 0.717) is 15.6 Å². The van der Waals surface area contributed by atoms with Crippen LogP contribution < -0.4 is 4.90 Å².